The van der Waals surface area contributed by atoms with E-state index in [0.29, 0.717) is 11.1 Å². The molecule has 0 saturated carbocycles. The number of nitrogens with zero attached hydrogens (tertiary/aromatic N) is 2. The first-order valence-electron chi connectivity index (χ1n) is 6.29. The van der Waals surface area contributed by atoms with E-state index in [-0.39, 0.29) is 23.5 Å². The van der Waals surface area contributed by atoms with E-state index in [9.17, 15) is 13.2 Å². The first-order valence-corrected chi connectivity index (χ1v) is 7.73. The summed E-state index contributed by atoms with van der Waals surface area (Å²) in [6.07, 6.45) is 1.49. The third-order valence-electron chi connectivity index (χ3n) is 3.07. The molecular formula is C13H16N4O3S. The summed E-state index contributed by atoms with van der Waals surface area (Å²) in [6, 6.07) is 6.27. The number of pyridine rings is 1. The number of rotatable bonds is 5. The number of aromatic nitrogens is 1. The normalized spacial score (nSPS) is 11.9. The van der Waals surface area contributed by atoms with Crippen molar-refractivity contribution in [3.63, 3.8) is 0 Å². The third-order valence-corrected chi connectivity index (χ3v) is 5.02. The van der Waals surface area contributed by atoms with Gasteiger partial charge in [-0.15, -0.1) is 0 Å². The standard InChI is InChI=1S/C13H16N4O3S/c1-2-17(8-12(15)18)21(19,20)11-6-5-10(14)9-4-3-7-16-13(9)11/h3-7H,2,8,14H2,1H3,(H2,15,18). The molecule has 0 aliphatic rings. The molecular weight excluding hydrogens is 292 g/mol. The van der Waals surface area contributed by atoms with E-state index in [1.54, 1.807) is 19.1 Å². The monoisotopic (exact) mass is 308 g/mol. The molecule has 8 heteroatoms. The van der Waals surface area contributed by atoms with Crippen LogP contribution in [0.25, 0.3) is 10.9 Å². The van der Waals surface area contributed by atoms with Crippen molar-refractivity contribution in [1.82, 2.24) is 9.29 Å². The Morgan fingerprint density at radius 3 is 2.67 bits per heavy atom. The first-order chi connectivity index (χ1) is 9.87. The van der Waals surface area contributed by atoms with E-state index in [2.05, 4.69) is 4.98 Å². The molecule has 1 aromatic carbocycles. The Hall–Kier alpha value is -2.19. The quantitative estimate of drug-likeness (QED) is 0.770. The minimum absolute atomic E-state index is 0.00963. The molecule has 0 atom stereocenters. The van der Waals surface area contributed by atoms with Crippen molar-refractivity contribution < 1.29 is 13.2 Å². The number of benzene rings is 1. The zero-order valence-corrected chi connectivity index (χ0v) is 12.3. The Balaban J connectivity index is 2.65. The number of carbonyl (C=O) groups excluding carboxylic acids is 1. The third kappa shape index (κ3) is 2.81. The molecule has 0 bridgehead atoms. The number of amides is 1. The minimum atomic E-state index is -3.88. The lowest BCUT2D eigenvalue weighted by Gasteiger charge is -2.19. The fourth-order valence-corrected chi connectivity index (χ4v) is 3.62. The Labute approximate surface area is 122 Å². The molecule has 0 aliphatic heterocycles. The molecule has 0 unspecified atom stereocenters. The van der Waals surface area contributed by atoms with Crippen LogP contribution in [0.2, 0.25) is 0 Å². The summed E-state index contributed by atoms with van der Waals surface area (Å²) >= 11 is 0. The van der Waals surface area contributed by atoms with Crippen LogP contribution < -0.4 is 11.5 Å². The summed E-state index contributed by atoms with van der Waals surface area (Å²) in [5, 5.41) is 0.550. The van der Waals surface area contributed by atoms with Gasteiger partial charge in [-0.3, -0.25) is 9.78 Å². The second-order valence-electron chi connectivity index (χ2n) is 4.45. The maximum Gasteiger partial charge on any atom is 0.245 e. The van der Waals surface area contributed by atoms with E-state index < -0.39 is 15.9 Å². The summed E-state index contributed by atoms with van der Waals surface area (Å²) in [5.74, 6) is -0.715. The highest BCUT2D eigenvalue weighted by molar-refractivity contribution is 7.89. The number of nitrogen functional groups attached to an aromatic ring is 1. The maximum absolute atomic E-state index is 12.7. The van der Waals surface area contributed by atoms with Gasteiger partial charge < -0.3 is 11.5 Å². The number of sulfonamides is 1. The molecule has 0 saturated heterocycles. The highest BCUT2D eigenvalue weighted by Gasteiger charge is 2.27. The largest absolute Gasteiger partial charge is 0.398 e. The van der Waals surface area contributed by atoms with Gasteiger partial charge >= 0.3 is 0 Å². The predicted molar refractivity (Wildman–Crippen MR) is 79.8 cm³/mol. The molecule has 0 fully saturated rings. The zero-order valence-electron chi connectivity index (χ0n) is 11.5. The van der Waals surface area contributed by atoms with Gasteiger partial charge in [0, 0.05) is 23.8 Å². The van der Waals surface area contributed by atoms with Crippen molar-refractivity contribution in [1.29, 1.82) is 0 Å². The highest BCUT2D eigenvalue weighted by Crippen LogP contribution is 2.27. The number of primary amides is 1. The molecule has 21 heavy (non-hydrogen) atoms. The van der Waals surface area contributed by atoms with Gasteiger partial charge in [-0.1, -0.05) is 6.92 Å². The number of carbonyl (C=O) groups is 1. The summed E-state index contributed by atoms with van der Waals surface area (Å²) in [7, 11) is -3.88. The molecule has 0 aliphatic carbocycles. The topological polar surface area (TPSA) is 119 Å². The van der Waals surface area contributed by atoms with Gasteiger partial charge in [-0.2, -0.15) is 4.31 Å². The Kier molecular flexibility index (Phi) is 4.10. The minimum Gasteiger partial charge on any atom is -0.398 e. The van der Waals surface area contributed by atoms with Gasteiger partial charge in [0.15, 0.2) is 0 Å². The van der Waals surface area contributed by atoms with Crippen molar-refractivity contribution in [2.45, 2.75) is 11.8 Å². The lowest BCUT2D eigenvalue weighted by Crippen LogP contribution is -2.38. The molecule has 4 N–H and O–H groups in total. The number of hydrogen-bond acceptors (Lipinski definition) is 5. The molecule has 1 aromatic heterocycles. The van der Waals surface area contributed by atoms with E-state index in [4.69, 9.17) is 11.5 Å². The Morgan fingerprint density at radius 2 is 2.05 bits per heavy atom. The zero-order chi connectivity index (χ0) is 15.6. The molecule has 2 aromatic rings. The number of fused-ring (bicyclic) bond motifs is 1. The van der Waals surface area contributed by atoms with E-state index in [0.717, 1.165) is 4.31 Å². The van der Waals surface area contributed by atoms with E-state index in [1.165, 1.54) is 18.3 Å². The highest BCUT2D eigenvalue weighted by atomic mass is 32.2. The Bertz CT molecular complexity index is 789. The SMILES string of the molecule is CCN(CC(N)=O)S(=O)(=O)c1ccc(N)c2cccnc12. The van der Waals surface area contributed by atoms with Crippen molar-refractivity contribution in [2.75, 3.05) is 18.8 Å². The number of likely N-dealkylation sites (N-methyl/N-ethyl adjacent to an activating group) is 1. The van der Waals surface area contributed by atoms with Crippen LogP contribution in [0.4, 0.5) is 5.69 Å². The predicted octanol–water partition coefficient (Wildman–Crippen LogP) is 0.313. The van der Waals surface area contributed by atoms with Crippen LogP contribution >= 0.6 is 0 Å². The van der Waals surface area contributed by atoms with Crippen molar-refractivity contribution in [3.8, 4) is 0 Å². The summed E-state index contributed by atoms with van der Waals surface area (Å²) in [5.41, 5.74) is 11.7. The molecule has 7 nitrogen and oxygen atoms in total. The van der Waals surface area contributed by atoms with Gasteiger partial charge in [-0.25, -0.2) is 8.42 Å². The summed E-state index contributed by atoms with van der Waals surface area (Å²) in [6.45, 7) is 1.38. The first kappa shape index (κ1) is 15.2. The molecule has 0 spiro atoms. The number of nitrogens with two attached hydrogens (primary N) is 2. The van der Waals surface area contributed by atoms with Gasteiger partial charge in [0.05, 0.1) is 12.1 Å². The average Bonchev–Trinajstić information content (AvgIpc) is 2.44. The van der Waals surface area contributed by atoms with Gasteiger partial charge in [0.25, 0.3) is 0 Å². The second-order valence-corrected chi connectivity index (χ2v) is 6.36. The van der Waals surface area contributed by atoms with Crippen LogP contribution in [0.15, 0.2) is 35.4 Å². The number of anilines is 1. The van der Waals surface area contributed by atoms with Crippen LogP contribution in [0.1, 0.15) is 6.92 Å². The van der Waals surface area contributed by atoms with Crippen LogP contribution in [0.5, 0.6) is 0 Å². The van der Waals surface area contributed by atoms with Gasteiger partial charge in [-0.05, 0) is 24.3 Å². The van der Waals surface area contributed by atoms with Crippen LogP contribution in [0.3, 0.4) is 0 Å². The van der Waals surface area contributed by atoms with Gasteiger partial charge in [0.1, 0.15) is 4.90 Å². The van der Waals surface area contributed by atoms with Crippen molar-refractivity contribution in [3.05, 3.63) is 30.5 Å². The molecule has 2 rings (SSSR count). The van der Waals surface area contributed by atoms with Gasteiger partial charge in [0.2, 0.25) is 15.9 Å². The fourth-order valence-electron chi connectivity index (χ4n) is 2.06. The smallest absolute Gasteiger partial charge is 0.245 e. The summed E-state index contributed by atoms with van der Waals surface area (Å²) in [4.78, 5) is 15.2. The van der Waals surface area contributed by atoms with Crippen LogP contribution in [0, 0.1) is 0 Å². The lowest BCUT2D eigenvalue weighted by molar-refractivity contribution is -0.118. The van der Waals surface area contributed by atoms with E-state index >= 15 is 0 Å². The molecule has 112 valence electrons. The maximum atomic E-state index is 12.7. The van der Waals surface area contributed by atoms with Crippen LogP contribution in [-0.2, 0) is 14.8 Å². The lowest BCUT2D eigenvalue weighted by atomic mass is 10.2. The van der Waals surface area contributed by atoms with Crippen LogP contribution in [-0.4, -0.2) is 36.7 Å². The fraction of sp³-hybridized carbons (Fsp3) is 0.231. The second kappa shape index (κ2) is 5.66. The average molecular weight is 308 g/mol. The molecule has 1 heterocycles. The molecule has 1 amide bonds. The van der Waals surface area contributed by atoms with Crippen molar-refractivity contribution >= 4 is 32.5 Å². The van der Waals surface area contributed by atoms with E-state index in [1.807, 2.05) is 0 Å². The Morgan fingerprint density at radius 1 is 1.33 bits per heavy atom. The number of hydrogen-bond donors (Lipinski definition) is 2. The van der Waals surface area contributed by atoms with Crippen molar-refractivity contribution in [2.24, 2.45) is 5.73 Å². The summed E-state index contributed by atoms with van der Waals surface area (Å²) < 4.78 is 26.3. The molecule has 0 radical (unpaired) electrons.